The Hall–Kier alpha value is -6.81. The number of aromatic amines is 2. The highest BCUT2D eigenvalue weighted by Gasteiger charge is 2.67. The number of nitriles is 1. The zero-order chi connectivity index (χ0) is 52.3. The van der Waals surface area contributed by atoms with Gasteiger partial charge in [0.2, 0.25) is 23.3 Å². The highest BCUT2D eigenvalue weighted by atomic mass is 16.7. The molecule has 2 saturated heterocycles. The van der Waals surface area contributed by atoms with Gasteiger partial charge in [0.1, 0.15) is 52.8 Å². The minimum atomic E-state index is -2.12. The van der Waals surface area contributed by atoms with Crippen LogP contribution >= 0.6 is 0 Å². The minimum Gasteiger partial charge on any atom is -0.397 e. The van der Waals surface area contributed by atoms with Crippen molar-refractivity contribution in [2.24, 2.45) is 0 Å². The smallest absolute Gasteiger partial charge is 0.276 e. The van der Waals surface area contributed by atoms with Crippen LogP contribution in [-0.4, -0.2) is 110 Å². The molecule has 384 valence electrons. The summed E-state index contributed by atoms with van der Waals surface area (Å²) < 4.78 is 33.6. The highest BCUT2D eigenvalue weighted by Crippen LogP contribution is 2.50. The third-order valence-corrected chi connectivity index (χ3v) is 12.0. The first-order valence-corrected chi connectivity index (χ1v) is 23.3. The molecule has 9 rings (SSSR count). The molecule has 7 aromatic rings. The van der Waals surface area contributed by atoms with Crippen molar-refractivity contribution in [3.05, 3.63) is 164 Å². The van der Waals surface area contributed by atoms with Gasteiger partial charge in [0.25, 0.3) is 11.1 Å². The first kappa shape index (κ1) is 54.5. The van der Waals surface area contributed by atoms with E-state index in [9.17, 15) is 35.3 Å². The topological polar surface area (TPSA) is 323 Å². The summed E-state index contributed by atoms with van der Waals surface area (Å²) in [6.07, 6.45) is -3.00. The van der Waals surface area contributed by atoms with E-state index >= 15 is 0 Å². The Bertz CT molecular complexity index is 3000. The Morgan fingerprint density at radius 1 is 0.708 bits per heavy atom. The molecule has 72 heavy (non-hydrogen) atoms. The van der Waals surface area contributed by atoms with E-state index in [-0.39, 0.29) is 60.7 Å². The number of benzene rings is 3. The van der Waals surface area contributed by atoms with E-state index in [4.69, 9.17) is 40.3 Å². The molecule has 0 unspecified atom stereocenters. The van der Waals surface area contributed by atoms with E-state index in [0.717, 1.165) is 21.2 Å². The number of nitrogens with zero attached hydrogens (tertiary/aromatic N) is 5. The second kappa shape index (κ2) is 23.6. The molecule has 0 amide bonds. The molecule has 0 aliphatic carbocycles. The number of hydrogen-bond donors (Lipinski definition) is 9. The molecule has 2 aliphatic heterocycles. The molecule has 0 bridgehead atoms. The van der Waals surface area contributed by atoms with E-state index in [1.54, 1.807) is 26.0 Å². The average molecular weight is 994 g/mol. The lowest BCUT2D eigenvalue weighted by atomic mass is 9.80. The summed E-state index contributed by atoms with van der Waals surface area (Å²) in [4.78, 5) is 29.4. The van der Waals surface area contributed by atoms with Crippen molar-refractivity contribution in [1.29, 1.82) is 5.26 Å². The molecule has 8 atom stereocenters. The standard InChI is InChI=1S/C33H34N4O6.C13H15N5O5.C3H8.C2H6O/c1-32(42-21-25-15-9-4-10-16-25)29(41-20-24-13-7-3-8-14-24)27(22-40-19-23-11-5-2-6-12-23)43-33(32,39)28-18-17-26-30(38)35-31(34)36-37(26)28;1-12(22)9(20)7(4-19)23-13(12,5-14)8-3-2-6-10(21)16-11(15)17-18(6)8;1-3-2;1-2-3/h2-18,27,29,39H,19-22H2,1H3,(H3,34,35,36,38);2-3,7,9,19-20,22H,4H2,1H3,(H3,15,16,17,21);3H2,1-2H3;3H,2H2,1H3/t27-,29-,32-,33+;7-,9-,12-,13+;;/m11../s1. The Balaban J connectivity index is 0.000000245. The highest BCUT2D eigenvalue weighted by molar-refractivity contribution is 5.51. The molecule has 0 radical (unpaired) electrons. The summed E-state index contributed by atoms with van der Waals surface area (Å²) in [5, 5.41) is 68.2. The van der Waals surface area contributed by atoms with Crippen molar-refractivity contribution < 1.29 is 49.2 Å². The van der Waals surface area contributed by atoms with Gasteiger partial charge in [-0.3, -0.25) is 19.6 Å². The lowest BCUT2D eigenvalue weighted by molar-refractivity contribution is -0.294. The third kappa shape index (κ3) is 11.0. The van der Waals surface area contributed by atoms with Crippen LogP contribution in [0.4, 0.5) is 11.9 Å². The number of aliphatic hydroxyl groups excluding tert-OH is 3. The average Bonchev–Trinajstić information content (AvgIpc) is 4.10. The van der Waals surface area contributed by atoms with Crippen LogP contribution in [0.1, 0.15) is 69.1 Å². The van der Waals surface area contributed by atoms with Gasteiger partial charge in [-0.05, 0) is 61.7 Å². The number of rotatable bonds is 13. The Morgan fingerprint density at radius 2 is 1.17 bits per heavy atom. The Kier molecular flexibility index (Phi) is 17.9. The lowest BCUT2D eigenvalue weighted by Gasteiger charge is -2.40. The van der Waals surface area contributed by atoms with E-state index in [2.05, 4.69) is 34.0 Å². The van der Waals surface area contributed by atoms with Crippen molar-refractivity contribution >= 4 is 22.9 Å². The molecule has 2 fully saturated rings. The summed E-state index contributed by atoms with van der Waals surface area (Å²) in [6.45, 7) is 9.38. The van der Waals surface area contributed by atoms with Crippen LogP contribution in [0.15, 0.2) is 125 Å². The van der Waals surface area contributed by atoms with Gasteiger partial charge in [0, 0.05) is 6.61 Å². The Labute approximate surface area is 414 Å². The quantitative estimate of drug-likeness (QED) is 0.0801. The van der Waals surface area contributed by atoms with Gasteiger partial charge < -0.3 is 60.7 Å². The molecule has 21 nitrogen and oxygen atoms in total. The third-order valence-electron chi connectivity index (χ3n) is 12.0. The first-order valence-electron chi connectivity index (χ1n) is 23.3. The number of nitrogen functional groups attached to an aromatic ring is 2. The number of ether oxygens (including phenoxy) is 5. The van der Waals surface area contributed by atoms with Crippen LogP contribution in [-0.2, 0) is 54.9 Å². The monoisotopic (exact) mass is 993 g/mol. The number of hydrogen-bond acceptors (Lipinski definition) is 17. The van der Waals surface area contributed by atoms with E-state index in [1.807, 2.05) is 97.1 Å². The van der Waals surface area contributed by atoms with Crippen molar-refractivity contribution in [1.82, 2.24) is 29.2 Å². The van der Waals surface area contributed by atoms with Gasteiger partial charge in [0.05, 0.1) is 38.7 Å². The minimum absolute atomic E-state index is 0.0211. The van der Waals surface area contributed by atoms with E-state index in [0.29, 0.717) is 6.61 Å². The maximum atomic E-state index is 12.7. The molecule has 11 N–H and O–H groups in total. The summed E-state index contributed by atoms with van der Waals surface area (Å²) in [5.41, 5.74) is 8.16. The fourth-order valence-corrected chi connectivity index (χ4v) is 8.46. The number of aliphatic hydroxyl groups is 5. The van der Waals surface area contributed by atoms with Gasteiger partial charge in [-0.1, -0.05) is 111 Å². The number of aromatic nitrogens is 6. The predicted molar refractivity (Wildman–Crippen MR) is 265 cm³/mol. The van der Waals surface area contributed by atoms with Crippen molar-refractivity contribution in [3.63, 3.8) is 0 Å². The molecule has 0 spiro atoms. The largest absolute Gasteiger partial charge is 0.397 e. The lowest BCUT2D eigenvalue weighted by Crippen LogP contribution is -2.55. The molecular weight excluding hydrogens is 931 g/mol. The number of anilines is 2. The van der Waals surface area contributed by atoms with Crippen LogP contribution in [0.25, 0.3) is 11.0 Å². The van der Waals surface area contributed by atoms with Crippen LogP contribution < -0.4 is 22.6 Å². The number of nitrogens with two attached hydrogens (primary N) is 2. The van der Waals surface area contributed by atoms with E-state index in [1.165, 1.54) is 30.0 Å². The first-order chi connectivity index (χ1) is 34.5. The second-order valence-corrected chi connectivity index (χ2v) is 17.4. The molecular formula is C51H63N9O12. The summed E-state index contributed by atoms with van der Waals surface area (Å²) >= 11 is 0. The molecule has 0 saturated carbocycles. The van der Waals surface area contributed by atoms with Gasteiger partial charge >= 0.3 is 0 Å². The zero-order valence-corrected chi connectivity index (χ0v) is 40.7. The van der Waals surface area contributed by atoms with Gasteiger partial charge in [-0.2, -0.15) is 5.26 Å². The summed E-state index contributed by atoms with van der Waals surface area (Å²) in [6, 6.07) is 36.9. The Morgan fingerprint density at radius 3 is 1.64 bits per heavy atom. The van der Waals surface area contributed by atoms with Crippen LogP contribution in [0.5, 0.6) is 0 Å². The molecule has 6 heterocycles. The van der Waals surface area contributed by atoms with Gasteiger partial charge in [-0.25, -0.2) is 9.03 Å². The van der Waals surface area contributed by atoms with Gasteiger partial charge in [-0.15, -0.1) is 10.2 Å². The van der Waals surface area contributed by atoms with Gasteiger partial charge in [0.15, 0.2) is 5.60 Å². The predicted octanol–water partition coefficient (Wildman–Crippen LogP) is 3.17. The summed E-state index contributed by atoms with van der Waals surface area (Å²) in [5.74, 6) is -2.42. The molecule has 2 aliphatic rings. The van der Waals surface area contributed by atoms with Crippen molar-refractivity contribution in [2.75, 3.05) is 31.3 Å². The van der Waals surface area contributed by atoms with Crippen LogP contribution in [0.3, 0.4) is 0 Å². The second-order valence-electron chi connectivity index (χ2n) is 17.4. The SMILES string of the molecule is CCC.CCO.C[C@@]1(O)[C@H](O)[C@@H](CO)O[C@@]1(C#N)c1ccc2c(=O)[nH]c(N)nn12.C[C@@]1(OCc2ccccc2)[C@H](OCc2ccccc2)[C@@H](COCc2ccccc2)O[C@@]1(O)c1ccc2c(=O)[nH]c(N)nn12. The number of fused-ring (bicyclic) bond motifs is 2. The van der Waals surface area contributed by atoms with Crippen molar-refractivity contribution in [2.45, 2.75) is 108 Å². The maximum Gasteiger partial charge on any atom is 0.276 e. The number of nitrogens with one attached hydrogen (secondary N) is 2. The fourth-order valence-electron chi connectivity index (χ4n) is 8.46. The fraction of sp³-hybridized carbons (Fsp3) is 0.392. The molecule has 21 heteroatoms. The summed E-state index contributed by atoms with van der Waals surface area (Å²) in [7, 11) is 0. The molecule has 4 aromatic heterocycles. The zero-order valence-electron chi connectivity index (χ0n) is 40.7. The van der Waals surface area contributed by atoms with Crippen LogP contribution in [0, 0.1) is 11.3 Å². The normalized spacial score (nSPS) is 25.4. The van der Waals surface area contributed by atoms with E-state index < -0.39 is 64.7 Å². The maximum absolute atomic E-state index is 12.7. The van der Waals surface area contributed by atoms with Crippen molar-refractivity contribution in [3.8, 4) is 6.07 Å². The number of H-pyrrole nitrogens is 2. The molecule has 3 aromatic carbocycles. The van der Waals surface area contributed by atoms with Crippen LogP contribution in [0.2, 0.25) is 0 Å².